The van der Waals surface area contributed by atoms with Crippen molar-refractivity contribution in [2.24, 2.45) is 0 Å². The summed E-state index contributed by atoms with van der Waals surface area (Å²) in [5.41, 5.74) is 0. The molecule has 1 atom stereocenters. The van der Waals surface area contributed by atoms with E-state index < -0.39 is 10.8 Å². The van der Waals surface area contributed by atoms with Crippen LogP contribution in [0, 0.1) is 0 Å². The van der Waals surface area contributed by atoms with Crippen LogP contribution in [0.4, 0.5) is 0 Å². The van der Waals surface area contributed by atoms with Gasteiger partial charge in [0.05, 0.1) is 6.54 Å². The minimum Gasteiger partial charge on any atom is -0.302 e. The third-order valence-corrected chi connectivity index (χ3v) is 3.20. The topological polar surface area (TPSA) is 37.4 Å². The second kappa shape index (κ2) is 4.62. The highest BCUT2D eigenvalue weighted by Crippen LogP contribution is 1.99. The Morgan fingerprint density at radius 3 is 2.91 bits per heavy atom. The highest BCUT2D eigenvalue weighted by molar-refractivity contribution is 7.85. The minimum atomic E-state index is -0.639. The first kappa shape index (κ1) is 8.87. The van der Waals surface area contributed by atoms with Gasteiger partial charge in [-0.05, 0) is 13.0 Å². The van der Waals surface area contributed by atoms with Crippen molar-refractivity contribution in [3.05, 3.63) is 0 Å². The summed E-state index contributed by atoms with van der Waals surface area (Å²) in [6.07, 6.45) is 1.87. The lowest BCUT2D eigenvalue weighted by molar-refractivity contribution is -0.108. The van der Waals surface area contributed by atoms with E-state index in [4.69, 9.17) is 0 Å². The zero-order valence-corrected chi connectivity index (χ0v) is 7.31. The maximum Gasteiger partial charge on any atom is 0.133 e. The zero-order chi connectivity index (χ0) is 8.10. The normalized spacial score (nSPS) is 27.8. The minimum absolute atomic E-state index is 0.497. The molecule has 0 aromatic carbocycles. The summed E-state index contributed by atoms with van der Waals surface area (Å²) in [7, 11) is -0.639. The monoisotopic (exact) mass is 175 g/mol. The first-order chi connectivity index (χ1) is 5.33. The van der Waals surface area contributed by atoms with E-state index >= 15 is 0 Å². The molecule has 1 heterocycles. The highest BCUT2D eigenvalue weighted by Gasteiger charge is 2.11. The Kier molecular flexibility index (Phi) is 3.72. The van der Waals surface area contributed by atoms with Crippen molar-refractivity contribution in [3.63, 3.8) is 0 Å². The Morgan fingerprint density at radius 1 is 1.36 bits per heavy atom. The molecule has 3 nitrogen and oxygen atoms in total. The van der Waals surface area contributed by atoms with Crippen LogP contribution in [-0.2, 0) is 15.6 Å². The Hall–Kier alpha value is -0.220. The van der Waals surface area contributed by atoms with Gasteiger partial charge in [0.25, 0.3) is 0 Å². The number of hydrogen-bond acceptors (Lipinski definition) is 3. The lowest BCUT2D eigenvalue weighted by Crippen LogP contribution is -2.28. The average molecular weight is 175 g/mol. The summed E-state index contributed by atoms with van der Waals surface area (Å²) in [5.74, 6) is 1.53. The Labute approximate surface area is 69.2 Å². The van der Waals surface area contributed by atoms with Gasteiger partial charge in [0.1, 0.15) is 6.29 Å². The molecular weight excluding hydrogens is 162 g/mol. The van der Waals surface area contributed by atoms with Crippen molar-refractivity contribution < 1.29 is 9.00 Å². The number of hydrogen-bond donors (Lipinski definition) is 0. The van der Waals surface area contributed by atoms with Crippen molar-refractivity contribution in [3.8, 4) is 0 Å². The lowest BCUT2D eigenvalue weighted by atomic mass is 10.4. The summed E-state index contributed by atoms with van der Waals surface area (Å²) in [4.78, 5) is 12.2. The van der Waals surface area contributed by atoms with Gasteiger partial charge in [-0.2, -0.15) is 0 Å². The van der Waals surface area contributed by atoms with Gasteiger partial charge in [0.15, 0.2) is 0 Å². The molecule has 0 N–H and O–H groups in total. The van der Waals surface area contributed by atoms with Crippen LogP contribution < -0.4 is 0 Å². The quantitative estimate of drug-likeness (QED) is 0.538. The molecule has 1 unspecified atom stereocenters. The molecule has 0 aromatic heterocycles. The van der Waals surface area contributed by atoms with E-state index in [1.807, 2.05) is 0 Å². The van der Waals surface area contributed by atoms with Gasteiger partial charge >= 0.3 is 0 Å². The highest BCUT2D eigenvalue weighted by atomic mass is 32.2. The number of nitrogens with zero attached hydrogens (tertiary/aromatic N) is 1. The molecule has 1 aliphatic heterocycles. The molecule has 0 aromatic rings. The van der Waals surface area contributed by atoms with Gasteiger partial charge in [-0.15, -0.1) is 0 Å². The van der Waals surface area contributed by atoms with Crippen LogP contribution in [0.15, 0.2) is 0 Å². The predicted molar refractivity (Wildman–Crippen MR) is 45.0 cm³/mol. The lowest BCUT2D eigenvalue weighted by Gasteiger charge is -2.14. The fourth-order valence-electron chi connectivity index (χ4n) is 1.18. The van der Waals surface area contributed by atoms with Crippen LogP contribution in [0.5, 0.6) is 0 Å². The molecule has 4 heteroatoms. The molecule has 0 radical (unpaired) electrons. The first-order valence-corrected chi connectivity index (χ1v) is 5.32. The Morgan fingerprint density at radius 2 is 2.18 bits per heavy atom. The number of carbonyl (C=O) groups excluding carboxylic acids is 1. The van der Waals surface area contributed by atoms with Gasteiger partial charge in [-0.25, -0.2) is 0 Å². The van der Waals surface area contributed by atoms with Gasteiger partial charge in [-0.1, -0.05) is 0 Å². The molecule has 11 heavy (non-hydrogen) atoms. The fraction of sp³-hybridized carbons (Fsp3) is 0.857. The average Bonchev–Trinajstić information content (AvgIpc) is 2.17. The van der Waals surface area contributed by atoms with Crippen LogP contribution in [0.1, 0.15) is 6.42 Å². The van der Waals surface area contributed by atoms with E-state index in [-0.39, 0.29) is 0 Å². The third kappa shape index (κ3) is 3.12. The van der Waals surface area contributed by atoms with Crippen LogP contribution in [0.2, 0.25) is 0 Å². The summed E-state index contributed by atoms with van der Waals surface area (Å²) in [6, 6.07) is 0. The molecule has 0 bridgehead atoms. The van der Waals surface area contributed by atoms with Gasteiger partial charge < -0.3 is 4.79 Å². The van der Waals surface area contributed by atoms with E-state index in [2.05, 4.69) is 4.90 Å². The van der Waals surface area contributed by atoms with Crippen molar-refractivity contribution in [2.45, 2.75) is 6.42 Å². The van der Waals surface area contributed by atoms with E-state index in [0.29, 0.717) is 6.54 Å². The Bertz CT molecular complexity index is 161. The van der Waals surface area contributed by atoms with Gasteiger partial charge in [-0.3, -0.25) is 9.11 Å². The smallest absolute Gasteiger partial charge is 0.133 e. The summed E-state index contributed by atoms with van der Waals surface area (Å²) in [6.45, 7) is 2.23. The fourth-order valence-corrected chi connectivity index (χ4v) is 2.30. The third-order valence-electron chi connectivity index (χ3n) is 1.81. The largest absolute Gasteiger partial charge is 0.302 e. The number of rotatable bonds is 2. The molecule has 0 spiro atoms. The van der Waals surface area contributed by atoms with E-state index in [9.17, 15) is 9.00 Å². The van der Waals surface area contributed by atoms with Crippen LogP contribution in [0.25, 0.3) is 0 Å². The molecule has 1 saturated heterocycles. The maximum atomic E-state index is 11.0. The number of aldehydes is 1. The predicted octanol–water partition coefficient (Wildman–Crippen LogP) is -0.360. The second-order valence-corrected chi connectivity index (χ2v) is 4.37. The van der Waals surface area contributed by atoms with Crippen molar-refractivity contribution in [1.29, 1.82) is 0 Å². The molecule has 1 rings (SSSR count). The molecule has 0 saturated carbocycles. The number of carbonyl (C=O) groups is 1. The second-order valence-electron chi connectivity index (χ2n) is 2.67. The van der Waals surface area contributed by atoms with Gasteiger partial charge in [0, 0.05) is 28.9 Å². The van der Waals surface area contributed by atoms with Crippen LogP contribution in [-0.4, -0.2) is 46.5 Å². The van der Waals surface area contributed by atoms with E-state index in [1.165, 1.54) is 0 Å². The molecule has 1 aliphatic rings. The van der Waals surface area contributed by atoms with E-state index in [0.717, 1.165) is 37.3 Å². The van der Waals surface area contributed by atoms with Crippen LogP contribution >= 0.6 is 0 Å². The van der Waals surface area contributed by atoms with E-state index in [1.54, 1.807) is 0 Å². The maximum absolute atomic E-state index is 11.0. The summed E-state index contributed by atoms with van der Waals surface area (Å²) in [5, 5.41) is 0. The van der Waals surface area contributed by atoms with Crippen molar-refractivity contribution in [1.82, 2.24) is 4.90 Å². The molecular formula is C7H13NO2S. The molecule has 0 aliphatic carbocycles. The van der Waals surface area contributed by atoms with Crippen molar-refractivity contribution in [2.75, 3.05) is 31.1 Å². The summed E-state index contributed by atoms with van der Waals surface area (Å²) < 4.78 is 11.0. The zero-order valence-electron chi connectivity index (χ0n) is 6.49. The molecule has 64 valence electrons. The standard InChI is InChI=1S/C7H13NO2S/c9-5-3-8-2-1-6-11(10)7-4-8/h5H,1-4,6-7H2. The molecule has 1 fully saturated rings. The summed E-state index contributed by atoms with van der Waals surface area (Å²) >= 11 is 0. The molecule has 0 amide bonds. The first-order valence-electron chi connectivity index (χ1n) is 3.84. The van der Waals surface area contributed by atoms with Gasteiger partial charge in [0.2, 0.25) is 0 Å². The SMILES string of the molecule is O=CCN1CCCS(=O)CC1. The van der Waals surface area contributed by atoms with Crippen LogP contribution in [0.3, 0.4) is 0 Å². The Balaban J connectivity index is 2.33. The van der Waals surface area contributed by atoms with Crippen molar-refractivity contribution >= 4 is 17.1 Å².